The van der Waals surface area contributed by atoms with Crippen molar-refractivity contribution < 1.29 is 8.42 Å². The highest BCUT2D eigenvalue weighted by atomic mass is 35.5. The Hall–Kier alpha value is -0.860. The van der Waals surface area contributed by atoms with E-state index in [0.717, 1.165) is 0 Å². The average Bonchev–Trinajstić information content (AvgIpc) is 2.86. The molecule has 1 aromatic heterocycles. The van der Waals surface area contributed by atoms with Gasteiger partial charge in [0, 0.05) is 28.7 Å². The summed E-state index contributed by atoms with van der Waals surface area (Å²) in [5.74, 6) is 0. The molecule has 2 N–H and O–H groups in total. The Morgan fingerprint density at radius 2 is 2.10 bits per heavy atom. The van der Waals surface area contributed by atoms with Crippen LogP contribution in [-0.2, 0) is 16.6 Å². The lowest BCUT2D eigenvalue weighted by Gasteiger charge is -2.12. The minimum Gasteiger partial charge on any atom is -0.316 e. The molecule has 0 saturated heterocycles. The van der Waals surface area contributed by atoms with E-state index in [4.69, 9.17) is 23.2 Å². The van der Waals surface area contributed by atoms with Gasteiger partial charge in [0.15, 0.2) is 5.13 Å². The van der Waals surface area contributed by atoms with Gasteiger partial charge in [-0.15, -0.1) is 11.3 Å². The maximum Gasteiger partial charge on any atom is 0.265 e. The van der Waals surface area contributed by atoms with E-state index in [2.05, 4.69) is 15.0 Å². The van der Waals surface area contributed by atoms with E-state index < -0.39 is 10.0 Å². The Morgan fingerprint density at radius 3 is 2.70 bits per heavy atom. The van der Waals surface area contributed by atoms with Crippen LogP contribution in [0, 0.1) is 0 Å². The van der Waals surface area contributed by atoms with Gasteiger partial charge >= 0.3 is 0 Å². The zero-order chi connectivity index (χ0) is 14.8. The Kier molecular flexibility index (Phi) is 4.87. The first-order valence-corrected chi connectivity index (χ1v) is 8.61. The number of nitrogens with one attached hydrogen (secondary N) is 2. The van der Waals surface area contributed by atoms with E-state index in [-0.39, 0.29) is 15.0 Å². The first kappa shape index (κ1) is 15.5. The van der Waals surface area contributed by atoms with Crippen LogP contribution in [0.4, 0.5) is 5.13 Å². The summed E-state index contributed by atoms with van der Waals surface area (Å²) in [4.78, 5) is 3.86. The summed E-state index contributed by atoms with van der Waals surface area (Å²) in [6.07, 6.45) is 1.51. The van der Waals surface area contributed by atoms with Gasteiger partial charge in [-0.05, 0) is 19.2 Å². The lowest BCUT2D eigenvalue weighted by atomic mass is 10.2. The second-order valence-corrected chi connectivity index (χ2v) is 7.14. The summed E-state index contributed by atoms with van der Waals surface area (Å²) >= 11 is 13.4. The first-order valence-electron chi connectivity index (χ1n) is 5.49. The normalized spacial score (nSPS) is 11.6. The molecule has 2 aromatic rings. The molecule has 1 heterocycles. The molecule has 5 nitrogen and oxygen atoms in total. The maximum absolute atomic E-state index is 12.3. The predicted molar refractivity (Wildman–Crippen MR) is 82.1 cm³/mol. The number of nitrogens with zero attached hydrogens (tertiary/aromatic N) is 1. The lowest BCUT2D eigenvalue weighted by Crippen LogP contribution is -2.15. The number of sulfonamides is 1. The molecule has 0 amide bonds. The molecule has 0 atom stereocenters. The van der Waals surface area contributed by atoms with Gasteiger partial charge in [-0.3, -0.25) is 4.72 Å². The minimum absolute atomic E-state index is 0.0241. The fourth-order valence-electron chi connectivity index (χ4n) is 1.57. The second kappa shape index (κ2) is 6.28. The van der Waals surface area contributed by atoms with E-state index in [1.54, 1.807) is 12.4 Å². The minimum atomic E-state index is -3.79. The third-order valence-electron chi connectivity index (χ3n) is 2.45. The molecule has 0 fully saturated rings. The molecule has 0 aliphatic heterocycles. The molecule has 20 heavy (non-hydrogen) atoms. The Bertz CT molecular complexity index is 703. The van der Waals surface area contributed by atoms with Crippen LogP contribution in [0.25, 0.3) is 0 Å². The van der Waals surface area contributed by atoms with Crippen LogP contribution in [0.2, 0.25) is 10.0 Å². The highest BCUT2D eigenvalue weighted by Crippen LogP contribution is 2.32. The van der Waals surface area contributed by atoms with Crippen LogP contribution in [0.1, 0.15) is 5.56 Å². The number of rotatable bonds is 5. The van der Waals surface area contributed by atoms with Crippen molar-refractivity contribution in [2.24, 2.45) is 0 Å². The highest BCUT2D eigenvalue weighted by molar-refractivity contribution is 7.93. The number of thiazole rings is 1. The van der Waals surface area contributed by atoms with Crippen molar-refractivity contribution in [3.63, 3.8) is 0 Å². The van der Waals surface area contributed by atoms with Crippen LogP contribution in [0.15, 0.2) is 28.6 Å². The van der Waals surface area contributed by atoms with Gasteiger partial charge in [0.1, 0.15) is 4.90 Å². The average molecular weight is 352 g/mol. The van der Waals surface area contributed by atoms with Crippen molar-refractivity contribution >= 4 is 49.7 Å². The fraction of sp³-hybridized carbons (Fsp3) is 0.182. The summed E-state index contributed by atoms with van der Waals surface area (Å²) in [6.45, 7) is 0.373. The molecule has 0 saturated carbocycles. The van der Waals surface area contributed by atoms with Crippen LogP contribution in [0.5, 0.6) is 0 Å². The zero-order valence-electron chi connectivity index (χ0n) is 10.4. The molecule has 0 unspecified atom stereocenters. The second-order valence-electron chi connectivity index (χ2n) is 3.81. The molecule has 0 aliphatic carbocycles. The molecule has 2 rings (SSSR count). The van der Waals surface area contributed by atoms with Crippen molar-refractivity contribution in [3.8, 4) is 0 Å². The van der Waals surface area contributed by atoms with E-state index in [1.165, 1.54) is 29.7 Å². The molecule has 108 valence electrons. The SMILES string of the molecule is CNCc1c(Cl)ccc(S(=O)(=O)Nc2nccs2)c1Cl. The zero-order valence-corrected chi connectivity index (χ0v) is 13.5. The van der Waals surface area contributed by atoms with Crippen LogP contribution in [0.3, 0.4) is 0 Å². The summed E-state index contributed by atoms with van der Waals surface area (Å²) in [7, 11) is -2.07. The first-order chi connectivity index (χ1) is 9.45. The third-order valence-corrected chi connectivity index (χ3v) is 5.54. The molecule has 0 aliphatic rings. The number of hydrogen-bond acceptors (Lipinski definition) is 5. The van der Waals surface area contributed by atoms with Crippen LogP contribution < -0.4 is 10.0 Å². The van der Waals surface area contributed by atoms with Gasteiger partial charge in [-0.25, -0.2) is 13.4 Å². The van der Waals surface area contributed by atoms with Gasteiger partial charge in [0.2, 0.25) is 0 Å². The highest BCUT2D eigenvalue weighted by Gasteiger charge is 2.22. The molecule has 0 spiro atoms. The van der Waals surface area contributed by atoms with Crippen LogP contribution >= 0.6 is 34.5 Å². The molecule has 0 radical (unpaired) electrons. The quantitative estimate of drug-likeness (QED) is 0.868. The largest absolute Gasteiger partial charge is 0.316 e. The third kappa shape index (κ3) is 3.24. The monoisotopic (exact) mass is 351 g/mol. The number of anilines is 1. The van der Waals surface area contributed by atoms with Crippen LogP contribution in [-0.4, -0.2) is 20.4 Å². The van der Waals surface area contributed by atoms with Crippen molar-refractivity contribution in [3.05, 3.63) is 39.3 Å². The molecule has 1 aromatic carbocycles. The topological polar surface area (TPSA) is 71.1 Å². The summed E-state index contributed by atoms with van der Waals surface area (Å²) < 4.78 is 27.0. The number of hydrogen-bond donors (Lipinski definition) is 2. The Labute approximate surface area is 131 Å². The Morgan fingerprint density at radius 1 is 1.35 bits per heavy atom. The van der Waals surface area contributed by atoms with E-state index in [9.17, 15) is 8.42 Å². The molecule has 0 bridgehead atoms. The Balaban J connectivity index is 2.44. The summed E-state index contributed by atoms with van der Waals surface area (Å²) in [6, 6.07) is 2.89. The van der Waals surface area contributed by atoms with E-state index in [0.29, 0.717) is 17.1 Å². The fourth-order valence-corrected chi connectivity index (χ4v) is 4.27. The van der Waals surface area contributed by atoms with E-state index >= 15 is 0 Å². The van der Waals surface area contributed by atoms with Crippen molar-refractivity contribution in [1.82, 2.24) is 10.3 Å². The summed E-state index contributed by atoms with van der Waals surface area (Å²) in [5, 5.41) is 5.38. The van der Waals surface area contributed by atoms with Gasteiger partial charge in [-0.2, -0.15) is 0 Å². The van der Waals surface area contributed by atoms with E-state index in [1.807, 2.05) is 0 Å². The maximum atomic E-state index is 12.3. The van der Waals surface area contributed by atoms with Gasteiger partial charge in [0.05, 0.1) is 5.02 Å². The molecular weight excluding hydrogens is 341 g/mol. The number of aromatic nitrogens is 1. The van der Waals surface area contributed by atoms with Gasteiger partial charge in [-0.1, -0.05) is 23.2 Å². The van der Waals surface area contributed by atoms with Crippen molar-refractivity contribution in [2.75, 3.05) is 11.8 Å². The van der Waals surface area contributed by atoms with Gasteiger partial charge in [0.25, 0.3) is 10.0 Å². The van der Waals surface area contributed by atoms with Crippen molar-refractivity contribution in [2.45, 2.75) is 11.4 Å². The summed E-state index contributed by atoms with van der Waals surface area (Å²) in [5.41, 5.74) is 0.540. The molecule has 9 heteroatoms. The van der Waals surface area contributed by atoms with Gasteiger partial charge < -0.3 is 5.32 Å². The predicted octanol–water partition coefficient (Wildman–Crippen LogP) is 2.97. The van der Waals surface area contributed by atoms with Crippen molar-refractivity contribution in [1.29, 1.82) is 0 Å². The smallest absolute Gasteiger partial charge is 0.265 e. The number of benzene rings is 1. The number of halogens is 2. The molecular formula is C11H11Cl2N3O2S2. The standard InChI is InChI=1S/C11H11Cl2N3O2S2/c1-14-6-7-8(12)2-3-9(10(7)13)20(17,18)16-11-15-4-5-19-11/h2-5,14H,6H2,1H3,(H,15,16). The lowest BCUT2D eigenvalue weighted by molar-refractivity contribution is 0.601.